The number of rotatable bonds is 2. The summed E-state index contributed by atoms with van der Waals surface area (Å²) in [5, 5.41) is 0. The highest BCUT2D eigenvalue weighted by atomic mass is 16.5. The molecule has 1 fully saturated rings. The lowest BCUT2D eigenvalue weighted by Gasteiger charge is -2.41. The van der Waals surface area contributed by atoms with Crippen molar-refractivity contribution in [3.8, 4) is 0 Å². The molecule has 94 valence electrons. The third kappa shape index (κ3) is 2.99. The van der Waals surface area contributed by atoms with E-state index in [4.69, 9.17) is 10.5 Å². The van der Waals surface area contributed by atoms with Gasteiger partial charge in [-0.25, -0.2) is 0 Å². The highest BCUT2D eigenvalue weighted by Gasteiger charge is 2.30. The molecule has 3 nitrogen and oxygen atoms in total. The molecule has 0 aromatic heterocycles. The van der Waals surface area contributed by atoms with Crippen LogP contribution < -0.4 is 5.73 Å². The lowest BCUT2D eigenvalue weighted by atomic mass is 10.0. The largest absolute Gasteiger partial charge is 0.399 e. The molecule has 1 aliphatic rings. The number of hydrogen-bond acceptors (Lipinski definition) is 3. The van der Waals surface area contributed by atoms with E-state index >= 15 is 0 Å². The first kappa shape index (κ1) is 12.4. The number of nitrogen functional groups attached to an aromatic ring is 1. The highest BCUT2D eigenvalue weighted by molar-refractivity contribution is 5.41. The van der Waals surface area contributed by atoms with E-state index in [1.165, 1.54) is 5.56 Å². The first-order chi connectivity index (χ1) is 7.98. The zero-order valence-corrected chi connectivity index (χ0v) is 10.9. The number of hydrogen-bond donors (Lipinski definition) is 1. The van der Waals surface area contributed by atoms with Crippen LogP contribution in [0.4, 0.5) is 5.69 Å². The molecule has 1 unspecified atom stereocenters. The molecular formula is C14H22N2O. The van der Waals surface area contributed by atoms with Crippen LogP contribution in [0.5, 0.6) is 0 Å². The summed E-state index contributed by atoms with van der Waals surface area (Å²) < 4.78 is 5.74. The van der Waals surface area contributed by atoms with Gasteiger partial charge in [0.15, 0.2) is 0 Å². The zero-order valence-electron chi connectivity index (χ0n) is 10.9. The fourth-order valence-electron chi connectivity index (χ4n) is 2.41. The minimum absolute atomic E-state index is 0.0488. The van der Waals surface area contributed by atoms with Crippen LogP contribution in [0.2, 0.25) is 0 Å². The molecule has 17 heavy (non-hydrogen) atoms. The van der Waals surface area contributed by atoms with Gasteiger partial charge in [-0.05, 0) is 38.5 Å². The molecule has 3 heteroatoms. The van der Waals surface area contributed by atoms with E-state index in [2.05, 4.69) is 37.8 Å². The average Bonchev–Trinajstić information content (AvgIpc) is 2.26. The van der Waals surface area contributed by atoms with E-state index in [1.54, 1.807) is 0 Å². The molecule has 0 amide bonds. The number of morpholine rings is 1. The second-order valence-electron chi connectivity index (χ2n) is 5.42. The van der Waals surface area contributed by atoms with Gasteiger partial charge in [-0.1, -0.05) is 12.1 Å². The molecule has 0 aliphatic carbocycles. The van der Waals surface area contributed by atoms with Crippen LogP contribution >= 0.6 is 0 Å². The summed E-state index contributed by atoms with van der Waals surface area (Å²) in [5.41, 5.74) is 7.90. The molecule has 0 spiro atoms. The molecule has 0 bridgehead atoms. The molecule has 1 aliphatic heterocycles. The van der Waals surface area contributed by atoms with Crippen molar-refractivity contribution in [3.05, 3.63) is 29.8 Å². The van der Waals surface area contributed by atoms with Gasteiger partial charge in [-0.15, -0.1) is 0 Å². The normalized spacial score (nSPS) is 22.3. The summed E-state index contributed by atoms with van der Waals surface area (Å²) in [4.78, 5) is 2.46. The lowest BCUT2D eigenvalue weighted by Crippen LogP contribution is -2.48. The first-order valence-corrected chi connectivity index (χ1v) is 6.21. The monoisotopic (exact) mass is 234 g/mol. The molecule has 1 saturated heterocycles. The Morgan fingerprint density at radius 2 is 2.18 bits per heavy atom. The van der Waals surface area contributed by atoms with Gasteiger partial charge < -0.3 is 10.5 Å². The van der Waals surface area contributed by atoms with Gasteiger partial charge in [0.1, 0.15) is 0 Å². The second kappa shape index (κ2) is 4.67. The van der Waals surface area contributed by atoms with Crippen LogP contribution in [-0.4, -0.2) is 30.2 Å². The molecular weight excluding hydrogens is 212 g/mol. The van der Waals surface area contributed by atoms with Crippen LogP contribution in [0.15, 0.2) is 24.3 Å². The van der Waals surface area contributed by atoms with E-state index in [0.717, 1.165) is 25.4 Å². The van der Waals surface area contributed by atoms with Crippen LogP contribution in [0, 0.1) is 0 Å². The van der Waals surface area contributed by atoms with Crippen molar-refractivity contribution in [1.82, 2.24) is 4.90 Å². The third-order valence-corrected chi connectivity index (χ3v) is 3.40. The fraction of sp³-hybridized carbons (Fsp3) is 0.571. The van der Waals surface area contributed by atoms with Crippen LogP contribution in [0.3, 0.4) is 0 Å². The zero-order chi connectivity index (χ0) is 12.5. The first-order valence-electron chi connectivity index (χ1n) is 6.21. The number of benzene rings is 1. The summed E-state index contributed by atoms with van der Waals surface area (Å²) in [6.07, 6.45) is 0. The van der Waals surface area contributed by atoms with Gasteiger partial charge >= 0.3 is 0 Å². The van der Waals surface area contributed by atoms with Crippen LogP contribution in [0.1, 0.15) is 32.4 Å². The minimum Gasteiger partial charge on any atom is -0.399 e. The number of nitrogens with two attached hydrogens (primary N) is 1. The van der Waals surface area contributed by atoms with Crippen molar-refractivity contribution in [2.45, 2.75) is 32.4 Å². The van der Waals surface area contributed by atoms with E-state index in [9.17, 15) is 0 Å². The standard InChI is InChI=1S/C14H22N2O/c1-11(12-5-4-6-13(15)9-12)16-7-8-17-14(2,3)10-16/h4-6,9,11H,7-8,10,15H2,1-3H3. The summed E-state index contributed by atoms with van der Waals surface area (Å²) in [6, 6.07) is 8.55. The maximum atomic E-state index is 5.84. The Morgan fingerprint density at radius 1 is 1.41 bits per heavy atom. The van der Waals surface area contributed by atoms with Crippen molar-refractivity contribution in [2.24, 2.45) is 0 Å². The van der Waals surface area contributed by atoms with Crippen molar-refractivity contribution < 1.29 is 4.74 Å². The molecule has 1 heterocycles. The Bertz CT molecular complexity index is 390. The van der Waals surface area contributed by atoms with Crippen molar-refractivity contribution in [1.29, 1.82) is 0 Å². The summed E-state index contributed by atoms with van der Waals surface area (Å²) in [5.74, 6) is 0. The van der Waals surface area contributed by atoms with Crippen LogP contribution in [0.25, 0.3) is 0 Å². The molecule has 0 saturated carbocycles. The van der Waals surface area contributed by atoms with Gasteiger partial charge in [0.05, 0.1) is 12.2 Å². The Labute approximate surface area is 104 Å². The number of anilines is 1. The predicted molar refractivity (Wildman–Crippen MR) is 70.9 cm³/mol. The van der Waals surface area contributed by atoms with Gasteiger partial charge in [0, 0.05) is 24.8 Å². The maximum absolute atomic E-state index is 5.84. The molecule has 2 N–H and O–H groups in total. The SMILES string of the molecule is CC(c1cccc(N)c1)N1CCOC(C)(C)C1. The van der Waals surface area contributed by atoms with Crippen molar-refractivity contribution in [2.75, 3.05) is 25.4 Å². The van der Waals surface area contributed by atoms with E-state index in [1.807, 2.05) is 12.1 Å². The molecule has 1 atom stereocenters. The summed E-state index contributed by atoms with van der Waals surface area (Å²) in [6.45, 7) is 9.27. The Balaban J connectivity index is 2.12. The highest BCUT2D eigenvalue weighted by Crippen LogP contribution is 2.27. The Kier molecular flexibility index (Phi) is 3.40. The van der Waals surface area contributed by atoms with Crippen molar-refractivity contribution in [3.63, 3.8) is 0 Å². The van der Waals surface area contributed by atoms with Gasteiger partial charge in [-0.2, -0.15) is 0 Å². The van der Waals surface area contributed by atoms with Gasteiger partial charge in [-0.3, -0.25) is 4.90 Å². The van der Waals surface area contributed by atoms with Gasteiger partial charge in [0.25, 0.3) is 0 Å². The van der Waals surface area contributed by atoms with Crippen LogP contribution in [-0.2, 0) is 4.74 Å². The summed E-state index contributed by atoms with van der Waals surface area (Å²) >= 11 is 0. The van der Waals surface area contributed by atoms with E-state index in [0.29, 0.717) is 6.04 Å². The predicted octanol–water partition coefficient (Wildman–Crippen LogP) is 2.44. The minimum atomic E-state index is -0.0488. The molecule has 0 radical (unpaired) electrons. The Morgan fingerprint density at radius 3 is 2.82 bits per heavy atom. The van der Waals surface area contributed by atoms with E-state index < -0.39 is 0 Å². The number of ether oxygens (including phenoxy) is 1. The Hall–Kier alpha value is -1.06. The molecule has 1 aromatic carbocycles. The molecule has 1 aromatic rings. The quantitative estimate of drug-likeness (QED) is 0.799. The average molecular weight is 234 g/mol. The summed E-state index contributed by atoms with van der Waals surface area (Å²) in [7, 11) is 0. The maximum Gasteiger partial charge on any atom is 0.0753 e. The van der Waals surface area contributed by atoms with E-state index in [-0.39, 0.29) is 5.60 Å². The van der Waals surface area contributed by atoms with Gasteiger partial charge in [0.2, 0.25) is 0 Å². The van der Waals surface area contributed by atoms with Crippen molar-refractivity contribution >= 4 is 5.69 Å². The molecule has 2 rings (SSSR count). The smallest absolute Gasteiger partial charge is 0.0753 e. The second-order valence-corrected chi connectivity index (χ2v) is 5.42. The fourth-order valence-corrected chi connectivity index (χ4v) is 2.41. The third-order valence-electron chi connectivity index (χ3n) is 3.40. The lowest BCUT2D eigenvalue weighted by molar-refractivity contribution is -0.0958. The topological polar surface area (TPSA) is 38.5 Å². The number of nitrogens with zero attached hydrogens (tertiary/aromatic N) is 1.